The number of nitrogens with one attached hydrogen (secondary N) is 1. The van der Waals surface area contributed by atoms with Crippen LogP contribution in [0.15, 0.2) is 24.3 Å². The first-order chi connectivity index (χ1) is 8.08. The maximum atomic E-state index is 10.7. The molecule has 3 nitrogen and oxygen atoms in total. The average Bonchev–Trinajstić information content (AvgIpc) is 2.24. The van der Waals surface area contributed by atoms with Crippen LogP contribution in [-0.2, 0) is 4.79 Å². The van der Waals surface area contributed by atoms with Crippen LogP contribution in [0.2, 0.25) is 5.02 Å². The lowest BCUT2D eigenvalue weighted by atomic mass is 9.75. The highest BCUT2D eigenvalue weighted by atomic mass is 35.5. The molecule has 0 heterocycles. The van der Waals surface area contributed by atoms with Crippen LogP contribution in [0, 0.1) is 0 Å². The van der Waals surface area contributed by atoms with E-state index in [9.17, 15) is 4.79 Å². The van der Waals surface area contributed by atoms with Crippen LogP contribution in [0.25, 0.3) is 0 Å². The molecule has 17 heavy (non-hydrogen) atoms. The summed E-state index contributed by atoms with van der Waals surface area (Å²) in [5.74, 6) is -0.339. The van der Waals surface area contributed by atoms with E-state index in [4.69, 9.17) is 16.7 Å². The van der Waals surface area contributed by atoms with Crippen molar-refractivity contribution in [2.45, 2.75) is 37.8 Å². The van der Waals surface area contributed by atoms with E-state index in [1.54, 1.807) is 6.92 Å². The number of hydrogen-bond acceptors (Lipinski definition) is 2. The number of hydrogen-bond donors (Lipinski definition) is 2. The van der Waals surface area contributed by atoms with Crippen LogP contribution >= 0.6 is 11.6 Å². The maximum Gasteiger partial charge on any atom is 0.320 e. The largest absolute Gasteiger partial charge is 0.480 e. The van der Waals surface area contributed by atoms with Crippen LogP contribution in [0.5, 0.6) is 0 Å². The van der Waals surface area contributed by atoms with Gasteiger partial charge in [-0.3, -0.25) is 4.79 Å². The van der Waals surface area contributed by atoms with Gasteiger partial charge in [-0.2, -0.15) is 0 Å². The molecule has 2 N–H and O–H groups in total. The highest BCUT2D eigenvalue weighted by Crippen LogP contribution is 2.39. The average molecular weight is 254 g/mol. The fraction of sp³-hybridized carbons (Fsp3) is 0.462. The molecule has 4 heteroatoms. The van der Waals surface area contributed by atoms with Crippen LogP contribution < -0.4 is 5.32 Å². The van der Waals surface area contributed by atoms with Gasteiger partial charge < -0.3 is 10.4 Å². The molecule has 1 aliphatic rings. The fourth-order valence-corrected chi connectivity index (χ4v) is 2.53. The summed E-state index contributed by atoms with van der Waals surface area (Å²) in [4.78, 5) is 10.7. The van der Waals surface area contributed by atoms with Crippen molar-refractivity contribution < 1.29 is 9.90 Å². The Morgan fingerprint density at radius 2 is 2.12 bits per heavy atom. The quantitative estimate of drug-likeness (QED) is 0.867. The molecule has 0 bridgehead atoms. The van der Waals surface area contributed by atoms with E-state index in [0.29, 0.717) is 12.0 Å². The van der Waals surface area contributed by atoms with Gasteiger partial charge in [0.2, 0.25) is 0 Å². The molecule has 1 aliphatic carbocycles. The zero-order valence-electron chi connectivity index (χ0n) is 9.69. The Morgan fingerprint density at radius 1 is 1.47 bits per heavy atom. The monoisotopic (exact) mass is 253 g/mol. The third-order valence-corrected chi connectivity index (χ3v) is 3.68. The van der Waals surface area contributed by atoms with Crippen molar-refractivity contribution in [2.24, 2.45) is 0 Å². The van der Waals surface area contributed by atoms with Gasteiger partial charge in [0.15, 0.2) is 0 Å². The summed E-state index contributed by atoms with van der Waals surface area (Å²) in [6.07, 6.45) is 1.92. The number of carbonyl (C=O) groups is 1. The van der Waals surface area contributed by atoms with Gasteiger partial charge in [-0.25, -0.2) is 0 Å². The Balaban J connectivity index is 1.87. The van der Waals surface area contributed by atoms with Crippen molar-refractivity contribution >= 4 is 17.6 Å². The summed E-state index contributed by atoms with van der Waals surface area (Å²) >= 11 is 6.12. The zero-order chi connectivity index (χ0) is 12.4. The molecule has 92 valence electrons. The lowest BCUT2D eigenvalue weighted by Crippen LogP contribution is -2.47. The second-order valence-electron chi connectivity index (χ2n) is 4.61. The topological polar surface area (TPSA) is 49.3 Å². The molecule has 0 amide bonds. The molecule has 1 saturated carbocycles. The number of carboxylic acid groups (broad SMARTS) is 1. The van der Waals surface area contributed by atoms with Gasteiger partial charge in [0.25, 0.3) is 0 Å². The second kappa shape index (κ2) is 5.07. The Morgan fingerprint density at radius 3 is 2.71 bits per heavy atom. The van der Waals surface area contributed by atoms with E-state index >= 15 is 0 Å². The Kier molecular flexibility index (Phi) is 3.69. The van der Waals surface area contributed by atoms with Gasteiger partial charge in [0.1, 0.15) is 6.04 Å². The predicted molar refractivity (Wildman–Crippen MR) is 67.4 cm³/mol. The normalized spacial score (nSPS) is 25.1. The smallest absolute Gasteiger partial charge is 0.320 e. The first-order valence-corrected chi connectivity index (χ1v) is 6.19. The lowest BCUT2D eigenvalue weighted by molar-refractivity contribution is -0.139. The first kappa shape index (κ1) is 12.4. The molecular weight excluding hydrogens is 238 g/mol. The van der Waals surface area contributed by atoms with Crippen LogP contribution in [0.1, 0.15) is 31.2 Å². The number of rotatable bonds is 4. The van der Waals surface area contributed by atoms with Gasteiger partial charge in [-0.15, -0.1) is 0 Å². The zero-order valence-corrected chi connectivity index (χ0v) is 10.4. The van der Waals surface area contributed by atoms with Crippen molar-refractivity contribution in [1.29, 1.82) is 0 Å². The second-order valence-corrected chi connectivity index (χ2v) is 5.02. The van der Waals surface area contributed by atoms with Crippen molar-refractivity contribution in [3.63, 3.8) is 0 Å². The fourth-order valence-electron chi connectivity index (χ4n) is 2.24. The lowest BCUT2D eigenvalue weighted by Gasteiger charge is -2.37. The van der Waals surface area contributed by atoms with E-state index in [1.807, 2.05) is 24.3 Å². The van der Waals surface area contributed by atoms with Crippen molar-refractivity contribution in [3.8, 4) is 0 Å². The Labute approximate surface area is 106 Å². The van der Waals surface area contributed by atoms with Crippen LogP contribution in [0.4, 0.5) is 0 Å². The van der Waals surface area contributed by atoms with Crippen molar-refractivity contribution in [1.82, 2.24) is 5.32 Å². The van der Waals surface area contributed by atoms with E-state index in [1.165, 1.54) is 5.56 Å². The molecule has 1 atom stereocenters. The Bertz CT molecular complexity index is 416. The molecule has 1 aromatic rings. The SMILES string of the molecule is CC(NC1CC(c2ccccc2Cl)C1)C(=O)O. The summed E-state index contributed by atoms with van der Waals surface area (Å²) in [6.45, 7) is 1.67. The molecule has 0 aromatic heterocycles. The standard InChI is InChI=1S/C13H16ClNO2/c1-8(13(16)17)15-10-6-9(7-10)11-4-2-3-5-12(11)14/h2-5,8-10,15H,6-7H2,1H3,(H,16,17). The third-order valence-electron chi connectivity index (χ3n) is 3.34. The van der Waals surface area contributed by atoms with Gasteiger partial charge in [0.05, 0.1) is 0 Å². The number of aliphatic carboxylic acids is 1. The molecule has 1 aromatic carbocycles. The van der Waals surface area contributed by atoms with Crippen LogP contribution in [0.3, 0.4) is 0 Å². The van der Waals surface area contributed by atoms with Gasteiger partial charge in [0, 0.05) is 11.1 Å². The molecule has 0 aliphatic heterocycles. The molecule has 0 saturated heterocycles. The van der Waals surface area contributed by atoms with Crippen molar-refractivity contribution in [3.05, 3.63) is 34.9 Å². The van der Waals surface area contributed by atoms with Gasteiger partial charge in [-0.1, -0.05) is 29.8 Å². The van der Waals surface area contributed by atoms with E-state index < -0.39 is 12.0 Å². The predicted octanol–water partition coefficient (Wildman–Crippen LogP) is 2.65. The number of benzene rings is 1. The van der Waals surface area contributed by atoms with Crippen LogP contribution in [-0.4, -0.2) is 23.2 Å². The molecular formula is C13H16ClNO2. The summed E-state index contributed by atoms with van der Waals surface area (Å²) in [6, 6.07) is 7.67. The van der Waals surface area contributed by atoms with E-state index in [-0.39, 0.29) is 0 Å². The minimum Gasteiger partial charge on any atom is -0.480 e. The third kappa shape index (κ3) is 2.79. The van der Waals surface area contributed by atoms with E-state index in [0.717, 1.165) is 17.9 Å². The van der Waals surface area contributed by atoms with E-state index in [2.05, 4.69) is 5.32 Å². The minimum atomic E-state index is -0.800. The molecule has 1 fully saturated rings. The maximum absolute atomic E-state index is 10.7. The highest BCUT2D eigenvalue weighted by molar-refractivity contribution is 6.31. The first-order valence-electron chi connectivity index (χ1n) is 5.81. The minimum absolute atomic E-state index is 0.294. The molecule has 2 rings (SSSR count). The van der Waals surface area contributed by atoms with Gasteiger partial charge in [-0.05, 0) is 37.3 Å². The Hall–Kier alpha value is -1.06. The highest BCUT2D eigenvalue weighted by Gasteiger charge is 2.32. The molecule has 0 radical (unpaired) electrons. The number of halogens is 1. The summed E-state index contributed by atoms with van der Waals surface area (Å²) in [5.41, 5.74) is 1.18. The summed E-state index contributed by atoms with van der Waals surface area (Å²) in [7, 11) is 0. The van der Waals surface area contributed by atoms with Crippen molar-refractivity contribution in [2.75, 3.05) is 0 Å². The molecule has 1 unspecified atom stereocenters. The number of carboxylic acids is 1. The summed E-state index contributed by atoms with van der Waals surface area (Å²) in [5, 5.41) is 12.7. The van der Waals surface area contributed by atoms with Gasteiger partial charge >= 0.3 is 5.97 Å². The summed E-state index contributed by atoms with van der Waals surface area (Å²) < 4.78 is 0. The molecule has 0 spiro atoms.